The third-order valence-corrected chi connectivity index (χ3v) is 3.79. The summed E-state index contributed by atoms with van der Waals surface area (Å²) in [7, 11) is 1.89. The predicted octanol–water partition coefficient (Wildman–Crippen LogP) is 3.28. The van der Waals surface area contributed by atoms with Crippen molar-refractivity contribution in [1.29, 1.82) is 5.26 Å². The van der Waals surface area contributed by atoms with Crippen LogP contribution in [0.25, 0.3) is 0 Å². The van der Waals surface area contributed by atoms with Crippen LogP contribution < -0.4 is 0 Å². The molecule has 3 rings (SSSR count). The van der Waals surface area contributed by atoms with Gasteiger partial charge in [-0.2, -0.15) is 10.3 Å². The van der Waals surface area contributed by atoms with Gasteiger partial charge in [-0.25, -0.2) is 0 Å². The van der Waals surface area contributed by atoms with E-state index >= 15 is 0 Å². The molecule has 0 aromatic heterocycles. The largest absolute Gasteiger partial charge is 0.279 e. The Morgan fingerprint density at radius 2 is 1.50 bits per heavy atom. The first-order chi connectivity index (χ1) is 9.81. The van der Waals surface area contributed by atoms with Crippen LogP contribution in [0.5, 0.6) is 0 Å². The molecule has 1 saturated heterocycles. The van der Waals surface area contributed by atoms with Gasteiger partial charge in [-0.3, -0.25) is 4.84 Å². The van der Waals surface area contributed by atoms with Crippen LogP contribution >= 0.6 is 0 Å². The lowest BCUT2D eigenvalue weighted by Gasteiger charge is -2.23. The molecule has 3 nitrogen and oxygen atoms in total. The minimum absolute atomic E-state index is 0.0219. The Balaban J connectivity index is 2.05. The van der Waals surface area contributed by atoms with Crippen LogP contribution in [0.3, 0.4) is 0 Å². The standard InChI is InChI=1S/C17H16N2O/c1-19-17(14-10-6-3-7-11-14)16(15(12-18)20-19)13-8-4-2-5-9-13/h2-11,15-17H,1H3/t15-,16-,17-/m1/s1. The van der Waals surface area contributed by atoms with Crippen LogP contribution in [0.4, 0.5) is 0 Å². The number of benzene rings is 2. The Kier molecular flexibility index (Phi) is 3.51. The van der Waals surface area contributed by atoms with E-state index in [0.29, 0.717) is 0 Å². The zero-order valence-corrected chi connectivity index (χ0v) is 11.3. The zero-order valence-electron chi connectivity index (χ0n) is 11.3. The number of rotatable bonds is 2. The highest BCUT2D eigenvalue weighted by atomic mass is 16.7. The van der Waals surface area contributed by atoms with E-state index in [0.717, 1.165) is 5.56 Å². The third kappa shape index (κ3) is 2.20. The topological polar surface area (TPSA) is 36.3 Å². The van der Waals surface area contributed by atoms with Gasteiger partial charge in [-0.15, -0.1) is 0 Å². The first kappa shape index (κ1) is 12.9. The molecule has 100 valence electrons. The normalized spacial score (nSPS) is 26.3. The number of likely N-dealkylation sites (N-methyl/N-ethyl adjacent to an activating group) is 1. The Bertz CT molecular complexity index is 606. The van der Waals surface area contributed by atoms with Crippen molar-refractivity contribution in [2.24, 2.45) is 0 Å². The van der Waals surface area contributed by atoms with Crippen molar-refractivity contribution in [1.82, 2.24) is 5.06 Å². The van der Waals surface area contributed by atoms with E-state index in [2.05, 4.69) is 30.3 Å². The smallest absolute Gasteiger partial charge is 0.174 e. The van der Waals surface area contributed by atoms with Crippen LogP contribution in [0.2, 0.25) is 0 Å². The number of hydrogen-bond acceptors (Lipinski definition) is 3. The molecule has 20 heavy (non-hydrogen) atoms. The maximum absolute atomic E-state index is 9.38. The Morgan fingerprint density at radius 3 is 2.05 bits per heavy atom. The Morgan fingerprint density at radius 1 is 0.950 bits per heavy atom. The van der Waals surface area contributed by atoms with Crippen molar-refractivity contribution in [3.63, 3.8) is 0 Å². The van der Waals surface area contributed by atoms with Gasteiger partial charge in [0, 0.05) is 13.0 Å². The fourth-order valence-electron chi connectivity index (χ4n) is 2.91. The summed E-state index contributed by atoms with van der Waals surface area (Å²) in [6.45, 7) is 0. The van der Waals surface area contributed by atoms with Gasteiger partial charge >= 0.3 is 0 Å². The molecule has 0 unspecified atom stereocenters. The molecule has 0 radical (unpaired) electrons. The van der Waals surface area contributed by atoms with Crippen molar-refractivity contribution in [3.05, 3.63) is 71.8 Å². The van der Waals surface area contributed by atoms with Gasteiger partial charge in [0.25, 0.3) is 0 Å². The van der Waals surface area contributed by atoms with Gasteiger partial charge in [-0.05, 0) is 11.1 Å². The van der Waals surface area contributed by atoms with Crippen LogP contribution in [0.15, 0.2) is 60.7 Å². The fraction of sp³-hybridized carbons (Fsp3) is 0.235. The van der Waals surface area contributed by atoms with E-state index in [1.807, 2.05) is 43.4 Å². The van der Waals surface area contributed by atoms with E-state index in [1.54, 1.807) is 5.06 Å². The highest BCUT2D eigenvalue weighted by Gasteiger charge is 2.43. The quantitative estimate of drug-likeness (QED) is 0.835. The third-order valence-electron chi connectivity index (χ3n) is 3.79. The molecular weight excluding hydrogens is 248 g/mol. The summed E-state index contributed by atoms with van der Waals surface area (Å²) >= 11 is 0. The second-order valence-electron chi connectivity index (χ2n) is 4.99. The number of nitrogens with zero attached hydrogens (tertiary/aromatic N) is 2. The Labute approximate surface area is 119 Å². The van der Waals surface area contributed by atoms with Crippen molar-refractivity contribution in [2.45, 2.75) is 18.1 Å². The number of hydrogen-bond donors (Lipinski definition) is 0. The Hall–Kier alpha value is -2.15. The summed E-state index contributed by atoms with van der Waals surface area (Å²) in [6.07, 6.45) is -0.451. The molecule has 1 aliphatic heterocycles. The molecule has 0 amide bonds. The van der Waals surface area contributed by atoms with Crippen molar-refractivity contribution in [2.75, 3.05) is 7.05 Å². The maximum atomic E-state index is 9.38. The highest BCUT2D eigenvalue weighted by Crippen LogP contribution is 2.44. The molecule has 0 N–H and O–H groups in total. The van der Waals surface area contributed by atoms with E-state index in [-0.39, 0.29) is 12.0 Å². The molecule has 1 fully saturated rings. The fourth-order valence-corrected chi connectivity index (χ4v) is 2.91. The van der Waals surface area contributed by atoms with E-state index < -0.39 is 6.10 Å². The molecule has 0 saturated carbocycles. The van der Waals surface area contributed by atoms with Crippen molar-refractivity contribution >= 4 is 0 Å². The van der Waals surface area contributed by atoms with Crippen LogP contribution in [-0.4, -0.2) is 18.2 Å². The summed E-state index contributed by atoms with van der Waals surface area (Å²) in [5, 5.41) is 11.2. The highest BCUT2D eigenvalue weighted by molar-refractivity contribution is 5.32. The zero-order chi connectivity index (χ0) is 13.9. The summed E-state index contributed by atoms with van der Waals surface area (Å²) < 4.78 is 0. The molecule has 0 bridgehead atoms. The second-order valence-corrected chi connectivity index (χ2v) is 4.99. The maximum Gasteiger partial charge on any atom is 0.174 e. The van der Waals surface area contributed by atoms with Gasteiger partial charge in [-0.1, -0.05) is 60.7 Å². The lowest BCUT2D eigenvalue weighted by molar-refractivity contribution is -0.129. The lowest BCUT2D eigenvalue weighted by atomic mass is 9.84. The van der Waals surface area contributed by atoms with Gasteiger partial charge in [0.15, 0.2) is 6.10 Å². The molecule has 1 aliphatic rings. The molecule has 3 atom stereocenters. The lowest BCUT2D eigenvalue weighted by Crippen LogP contribution is -2.19. The van der Waals surface area contributed by atoms with Gasteiger partial charge < -0.3 is 0 Å². The van der Waals surface area contributed by atoms with Crippen LogP contribution in [-0.2, 0) is 4.84 Å². The second kappa shape index (κ2) is 5.46. The van der Waals surface area contributed by atoms with Crippen LogP contribution in [0, 0.1) is 11.3 Å². The summed E-state index contributed by atoms with van der Waals surface area (Å²) in [6, 6.07) is 22.7. The number of nitriles is 1. The minimum atomic E-state index is -0.451. The molecule has 2 aromatic carbocycles. The average Bonchev–Trinajstić information content (AvgIpc) is 2.85. The van der Waals surface area contributed by atoms with Gasteiger partial charge in [0.2, 0.25) is 0 Å². The van der Waals surface area contributed by atoms with Crippen molar-refractivity contribution in [3.8, 4) is 6.07 Å². The monoisotopic (exact) mass is 264 g/mol. The van der Waals surface area contributed by atoms with Gasteiger partial charge in [0.05, 0.1) is 12.1 Å². The first-order valence-electron chi connectivity index (χ1n) is 6.70. The molecule has 2 aromatic rings. The summed E-state index contributed by atoms with van der Waals surface area (Å²) in [5.74, 6) is 0.0219. The molecule has 0 spiro atoms. The summed E-state index contributed by atoms with van der Waals surface area (Å²) in [4.78, 5) is 5.72. The SMILES string of the molecule is CN1O[C@H](C#N)[C@@H](c2ccccc2)[C@H]1c1ccccc1. The average molecular weight is 264 g/mol. The molecule has 1 heterocycles. The summed E-state index contributed by atoms with van der Waals surface area (Å²) in [5.41, 5.74) is 2.30. The number of hydroxylamine groups is 2. The molecular formula is C17H16N2O. The predicted molar refractivity (Wildman–Crippen MR) is 76.6 cm³/mol. The first-order valence-corrected chi connectivity index (χ1v) is 6.70. The molecule has 3 heteroatoms. The van der Waals surface area contributed by atoms with Gasteiger partial charge in [0.1, 0.15) is 0 Å². The van der Waals surface area contributed by atoms with Crippen LogP contribution in [0.1, 0.15) is 23.1 Å². The van der Waals surface area contributed by atoms with E-state index in [4.69, 9.17) is 4.84 Å². The van der Waals surface area contributed by atoms with E-state index in [1.165, 1.54) is 5.56 Å². The minimum Gasteiger partial charge on any atom is -0.279 e. The van der Waals surface area contributed by atoms with E-state index in [9.17, 15) is 5.26 Å². The van der Waals surface area contributed by atoms with Crippen molar-refractivity contribution < 1.29 is 4.84 Å². The molecule has 0 aliphatic carbocycles.